The molecule has 0 unspecified atom stereocenters. The van der Waals surface area contributed by atoms with Crippen LogP contribution in [0.5, 0.6) is 0 Å². The monoisotopic (exact) mass is 639 g/mol. The van der Waals surface area contributed by atoms with Gasteiger partial charge in [-0.25, -0.2) is 9.59 Å². The van der Waals surface area contributed by atoms with Crippen molar-refractivity contribution in [3.05, 3.63) is 58.0 Å². The number of likely N-dealkylation sites (tertiary alicyclic amines) is 1. The smallest absolute Gasteiger partial charge is 0.416 e. The molecule has 2 aliphatic rings. The second-order valence-corrected chi connectivity index (χ2v) is 11.5. The second kappa shape index (κ2) is 14.9. The maximum Gasteiger partial charge on any atom is 0.416 e. The number of alkyl halides is 6. The molecule has 1 aromatic rings. The van der Waals surface area contributed by atoms with Crippen LogP contribution in [0, 0.1) is 11.3 Å². The summed E-state index contributed by atoms with van der Waals surface area (Å²) in [7, 11) is 0. The van der Waals surface area contributed by atoms with Crippen LogP contribution in [-0.4, -0.2) is 69.5 Å². The first-order chi connectivity index (χ1) is 19.8. The van der Waals surface area contributed by atoms with Crippen molar-refractivity contribution in [3.8, 4) is 0 Å². The Morgan fingerprint density at radius 2 is 1.63 bits per heavy atom. The number of benzene rings is 1. The summed E-state index contributed by atoms with van der Waals surface area (Å²) in [6.07, 6.45) is -5.45. The molecule has 43 heavy (non-hydrogen) atoms. The number of amides is 1. The van der Waals surface area contributed by atoms with Gasteiger partial charge in [-0.15, -0.1) is 0 Å². The summed E-state index contributed by atoms with van der Waals surface area (Å²) in [6.45, 7) is 4.93. The molecule has 0 spiro atoms. The van der Waals surface area contributed by atoms with E-state index in [1.165, 1.54) is 0 Å². The van der Waals surface area contributed by atoms with E-state index in [9.17, 15) is 45.8 Å². The van der Waals surface area contributed by atoms with Crippen molar-refractivity contribution < 1.29 is 56.0 Å². The molecule has 238 valence electrons. The van der Waals surface area contributed by atoms with Gasteiger partial charge in [-0.1, -0.05) is 26.0 Å². The Morgan fingerprint density at radius 1 is 1.05 bits per heavy atom. The zero-order valence-electron chi connectivity index (χ0n) is 23.1. The second-order valence-electron chi connectivity index (χ2n) is 10.5. The van der Waals surface area contributed by atoms with E-state index in [0.717, 1.165) is 17.8 Å². The Hall–Kier alpha value is -3.37. The predicted molar refractivity (Wildman–Crippen MR) is 146 cm³/mol. The molecule has 0 radical (unpaired) electrons. The molecule has 0 aromatic heterocycles. The minimum absolute atomic E-state index is 0.0408. The van der Waals surface area contributed by atoms with Gasteiger partial charge in [0.15, 0.2) is 0 Å². The molecule has 9 nitrogen and oxygen atoms in total. The van der Waals surface area contributed by atoms with Crippen LogP contribution in [0.4, 0.5) is 31.1 Å². The summed E-state index contributed by atoms with van der Waals surface area (Å²) in [5.41, 5.74) is -3.18. The van der Waals surface area contributed by atoms with Gasteiger partial charge in [0.1, 0.15) is 5.84 Å². The number of amidine groups is 1. The van der Waals surface area contributed by atoms with E-state index in [2.05, 4.69) is 10.3 Å². The minimum Gasteiger partial charge on any atom is -0.478 e. The van der Waals surface area contributed by atoms with Crippen LogP contribution in [-0.2, 0) is 28.5 Å². The third-order valence-corrected chi connectivity index (χ3v) is 7.14. The summed E-state index contributed by atoms with van der Waals surface area (Å²) < 4.78 is 79.0. The fourth-order valence-electron chi connectivity index (χ4n) is 3.96. The Kier molecular flexibility index (Phi) is 12.4. The molecule has 2 heterocycles. The number of aliphatic hydroxyl groups excluding tert-OH is 1. The summed E-state index contributed by atoms with van der Waals surface area (Å²) in [5, 5.41) is 27.8. The molecule has 0 saturated carbocycles. The summed E-state index contributed by atoms with van der Waals surface area (Å²) in [4.78, 5) is 37.4. The van der Waals surface area contributed by atoms with Crippen LogP contribution in [0.25, 0.3) is 0 Å². The van der Waals surface area contributed by atoms with E-state index in [0.29, 0.717) is 61.4 Å². The van der Waals surface area contributed by atoms with Gasteiger partial charge < -0.3 is 20.6 Å². The molecular weight excluding hydrogens is 608 g/mol. The third kappa shape index (κ3) is 12.0. The average molecular weight is 640 g/mol. The van der Waals surface area contributed by atoms with Gasteiger partial charge in [0.25, 0.3) is 0 Å². The van der Waals surface area contributed by atoms with Crippen LogP contribution in [0.3, 0.4) is 0 Å². The molecule has 3 rings (SSSR count). The average Bonchev–Trinajstić information content (AvgIpc) is 3.25. The largest absolute Gasteiger partial charge is 0.478 e. The lowest BCUT2D eigenvalue weighted by Crippen LogP contribution is -2.36. The molecule has 0 bridgehead atoms. The number of nitrogens with zero attached hydrogens (tertiary/aromatic N) is 2. The Labute approximate surface area is 247 Å². The number of carboxylic acids is 2. The predicted octanol–water partition coefficient (Wildman–Crippen LogP) is 5.41. The van der Waals surface area contributed by atoms with Crippen molar-refractivity contribution >= 4 is 34.8 Å². The SMILES string of the molecule is CC(C)(CO)CNC1=NC(=O)SC1=CC1CCN(Cc2ccc(C(F)(F)F)cc2C(F)(F)F)CC1.O=C(O)C=CC(=O)O. The fraction of sp³-hybridized carbons (Fsp3) is 0.481. The molecule has 0 atom stereocenters. The first-order valence-corrected chi connectivity index (χ1v) is 13.6. The molecule has 1 amide bonds. The van der Waals surface area contributed by atoms with Crippen LogP contribution in [0.1, 0.15) is 43.4 Å². The Morgan fingerprint density at radius 3 is 2.12 bits per heavy atom. The number of halogens is 6. The number of thioether (sulfide) groups is 1. The lowest BCUT2D eigenvalue weighted by Gasteiger charge is -2.31. The number of hydrogen-bond donors (Lipinski definition) is 4. The number of aliphatic imine (C=N–C) groups is 1. The van der Waals surface area contributed by atoms with Gasteiger partial charge >= 0.3 is 29.5 Å². The first-order valence-electron chi connectivity index (χ1n) is 12.8. The highest BCUT2D eigenvalue weighted by atomic mass is 32.2. The molecule has 0 aliphatic carbocycles. The van der Waals surface area contributed by atoms with Gasteiger partial charge in [0, 0.05) is 37.3 Å². The Balaban J connectivity index is 0.000000708. The number of hydrogen-bond acceptors (Lipinski definition) is 7. The molecule has 2 aliphatic heterocycles. The van der Waals surface area contributed by atoms with Crippen molar-refractivity contribution in [2.45, 2.75) is 45.6 Å². The van der Waals surface area contributed by atoms with Crippen molar-refractivity contribution in [2.24, 2.45) is 16.3 Å². The summed E-state index contributed by atoms with van der Waals surface area (Å²) >= 11 is 1.000. The number of allylic oxidation sites excluding steroid dienone is 1. The first kappa shape index (κ1) is 35.8. The van der Waals surface area contributed by atoms with E-state index in [1.807, 2.05) is 19.9 Å². The summed E-state index contributed by atoms with van der Waals surface area (Å²) in [6, 6.07) is 1.76. The number of carboxylic acid groups (broad SMARTS) is 2. The molecule has 16 heteroatoms. The number of carbonyl (C=O) groups is 3. The number of aliphatic carboxylic acids is 2. The van der Waals surface area contributed by atoms with Crippen molar-refractivity contribution in [1.82, 2.24) is 10.2 Å². The van der Waals surface area contributed by atoms with Crippen LogP contribution >= 0.6 is 11.8 Å². The maximum atomic E-state index is 13.4. The highest BCUT2D eigenvalue weighted by molar-refractivity contribution is 8.18. The highest BCUT2D eigenvalue weighted by Gasteiger charge is 2.38. The number of piperidine rings is 1. The number of nitrogens with one attached hydrogen (secondary N) is 1. The minimum atomic E-state index is -4.89. The van der Waals surface area contributed by atoms with Crippen molar-refractivity contribution in [3.63, 3.8) is 0 Å². The van der Waals surface area contributed by atoms with Gasteiger partial charge in [-0.2, -0.15) is 31.3 Å². The summed E-state index contributed by atoms with van der Waals surface area (Å²) in [5.74, 6) is -1.99. The Bertz CT molecular complexity index is 1250. The zero-order valence-corrected chi connectivity index (χ0v) is 23.9. The lowest BCUT2D eigenvalue weighted by atomic mass is 9.94. The van der Waals surface area contributed by atoms with E-state index < -0.39 is 40.8 Å². The zero-order chi connectivity index (χ0) is 32.6. The van der Waals surface area contributed by atoms with Crippen LogP contribution in [0.15, 0.2) is 46.3 Å². The molecule has 1 aromatic carbocycles. The molecule has 4 N–H and O–H groups in total. The standard InChI is InChI=1S/C23H27F6N3O2S.C4H4O4/c1-21(2,13-33)12-30-19-18(35-20(34)31-19)9-14-5-7-32(8-6-14)11-15-3-4-16(22(24,25)26)10-17(15)23(27,28)29;5-3(6)1-2-4(7)8/h3-4,9-10,14,33H,5-8,11-13H2,1-2H3,(H,30,31,34);1-2H,(H,5,6)(H,7,8). The van der Waals surface area contributed by atoms with E-state index >= 15 is 0 Å². The molecule has 1 fully saturated rings. The number of carbonyl (C=O) groups excluding carboxylic acids is 1. The van der Waals surface area contributed by atoms with Gasteiger partial charge in [-0.05, 0) is 61.3 Å². The lowest BCUT2D eigenvalue weighted by molar-refractivity contribution is -0.143. The van der Waals surface area contributed by atoms with E-state index in [-0.39, 0.29) is 35.9 Å². The van der Waals surface area contributed by atoms with Crippen LogP contribution in [0.2, 0.25) is 0 Å². The van der Waals surface area contributed by atoms with Gasteiger partial charge in [0.05, 0.1) is 16.0 Å². The number of aliphatic hydroxyl groups is 1. The quantitative estimate of drug-likeness (QED) is 0.217. The maximum absolute atomic E-state index is 13.4. The van der Waals surface area contributed by atoms with Gasteiger partial charge in [0.2, 0.25) is 0 Å². The van der Waals surface area contributed by atoms with Gasteiger partial charge in [-0.3, -0.25) is 9.69 Å². The van der Waals surface area contributed by atoms with E-state index in [4.69, 9.17) is 10.2 Å². The highest BCUT2D eigenvalue weighted by Crippen LogP contribution is 2.38. The topological polar surface area (TPSA) is 140 Å². The van der Waals surface area contributed by atoms with E-state index in [1.54, 1.807) is 4.90 Å². The number of rotatable bonds is 8. The van der Waals surface area contributed by atoms with Crippen molar-refractivity contribution in [2.75, 3.05) is 26.2 Å². The normalized spacial score (nSPS) is 18.0. The molecular formula is C27H31F6N3O6S. The van der Waals surface area contributed by atoms with Crippen molar-refractivity contribution in [1.29, 1.82) is 0 Å². The molecule has 1 saturated heterocycles. The fourth-order valence-corrected chi connectivity index (χ4v) is 4.76. The third-order valence-electron chi connectivity index (χ3n) is 6.32. The van der Waals surface area contributed by atoms with Crippen LogP contribution < -0.4 is 5.32 Å².